The second-order valence-electron chi connectivity index (χ2n) is 16.4. The van der Waals surface area contributed by atoms with E-state index in [0.29, 0.717) is 52.1 Å². The molecule has 0 aromatic heterocycles. The smallest absolute Gasteiger partial charge is 0.127 e. The molecule has 4 heteroatoms. The number of hydrogen-bond donors (Lipinski definition) is 0. The molecule has 0 saturated carbocycles. The molecule has 1 aliphatic carbocycles. The summed E-state index contributed by atoms with van der Waals surface area (Å²) in [5.74, 6) is 3.89. The van der Waals surface area contributed by atoms with Gasteiger partial charge in [0.1, 0.15) is 23.0 Å². The Bertz CT molecular complexity index is 2830. The van der Waals surface area contributed by atoms with Crippen LogP contribution in [-0.4, -0.2) is 26.4 Å². The largest absolute Gasteiger partial charge is 0.493 e. The van der Waals surface area contributed by atoms with Crippen molar-refractivity contribution in [3.8, 4) is 23.0 Å². The number of fused-ring (bicyclic) bond motifs is 16. The van der Waals surface area contributed by atoms with E-state index in [2.05, 4.69) is 149 Å². The lowest BCUT2D eigenvalue weighted by Gasteiger charge is -2.25. The van der Waals surface area contributed by atoms with E-state index >= 15 is 0 Å². The molecule has 0 fully saturated rings. The summed E-state index contributed by atoms with van der Waals surface area (Å²) in [4.78, 5) is 0. The Morgan fingerprint density at radius 1 is 0.333 bits per heavy atom. The standard InChI is InChI=1S/C56H56O4/c1-5-27-57-53-41-17-13-19-43(53)34-45-31-39-25-23-38-16-10-12-22-48(38)52(39)50(55(45)59-29-7-3)36-46-32-40-26-24-37-15-9-11-21-47(37)51(40)49(56(46)60-30-8-4)35-44-20-14-18-42(33-41)54(44)58-28-6-2/h9-26,31-32H,5-8,27-30,33-36H2,1-4H3. The van der Waals surface area contributed by atoms with Gasteiger partial charge in [0.25, 0.3) is 0 Å². The molecule has 304 valence electrons. The highest BCUT2D eigenvalue weighted by atomic mass is 16.5. The lowest BCUT2D eigenvalue weighted by atomic mass is 9.85. The molecular weight excluding hydrogens is 737 g/mol. The van der Waals surface area contributed by atoms with Crippen molar-refractivity contribution in [1.82, 2.24) is 0 Å². The van der Waals surface area contributed by atoms with Crippen LogP contribution in [0.25, 0.3) is 43.1 Å². The van der Waals surface area contributed by atoms with Gasteiger partial charge in [-0.25, -0.2) is 0 Å². The molecule has 0 spiro atoms. The van der Waals surface area contributed by atoms with Gasteiger partial charge in [0.15, 0.2) is 0 Å². The van der Waals surface area contributed by atoms with Crippen LogP contribution in [0.2, 0.25) is 0 Å². The van der Waals surface area contributed by atoms with Crippen LogP contribution >= 0.6 is 0 Å². The van der Waals surface area contributed by atoms with Crippen LogP contribution in [0.15, 0.2) is 121 Å². The van der Waals surface area contributed by atoms with Crippen LogP contribution in [0.4, 0.5) is 0 Å². The van der Waals surface area contributed by atoms with E-state index in [9.17, 15) is 0 Å². The van der Waals surface area contributed by atoms with Crippen molar-refractivity contribution in [2.45, 2.75) is 79.1 Å². The molecule has 8 bridgehead atoms. The van der Waals surface area contributed by atoms with E-state index < -0.39 is 0 Å². The molecule has 4 nitrogen and oxygen atoms in total. The molecule has 0 saturated heterocycles. The maximum Gasteiger partial charge on any atom is 0.127 e. The molecule has 0 atom stereocenters. The van der Waals surface area contributed by atoms with Crippen LogP contribution in [0, 0.1) is 0 Å². The van der Waals surface area contributed by atoms with Crippen LogP contribution in [-0.2, 0) is 25.7 Å². The molecule has 8 aromatic carbocycles. The molecule has 0 heterocycles. The molecule has 1 aliphatic rings. The van der Waals surface area contributed by atoms with Gasteiger partial charge in [0.05, 0.1) is 26.4 Å². The second kappa shape index (κ2) is 17.7. The Labute approximate surface area is 355 Å². The second-order valence-corrected chi connectivity index (χ2v) is 16.4. The first-order chi connectivity index (χ1) is 29.6. The van der Waals surface area contributed by atoms with Crippen LogP contribution < -0.4 is 18.9 Å². The number of rotatable bonds is 12. The zero-order valence-electron chi connectivity index (χ0n) is 35.7. The first-order valence-corrected chi connectivity index (χ1v) is 22.2. The van der Waals surface area contributed by atoms with Gasteiger partial charge in [0.2, 0.25) is 0 Å². The highest BCUT2D eigenvalue weighted by molar-refractivity contribution is 6.12. The van der Waals surface area contributed by atoms with E-state index in [1.165, 1.54) is 87.6 Å². The fourth-order valence-electron chi connectivity index (χ4n) is 9.38. The summed E-state index contributed by atoms with van der Waals surface area (Å²) < 4.78 is 27.7. The SMILES string of the molecule is CCCOc1c2cccc1Cc1cc3ccc4ccccc4c3c(c1OCCC)Cc1cc3ccc4ccccc4c3c(c1OCCC)Cc1cccc(c1OCCC)C2. The molecule has 0 N–H and O–H groups in total. The maximum atomic E-state index is 7.09. The third-order valence-electron chi connectivity index (χ3n) is 12.0. The third-order valence-corrected chi connectivity index (χ3v) is 12.0. The van der Waals surface area contributed by atoms with E-state index in [4.69, 9.17) is 18.9 Å². The van der Waals surface area contributed by atoms with E-state index in [1.54, 1.807) is 0 Å². The zero-order valence-corrected chi connectivity index (χ0v) is 35.7. The van der Waals surface area contributed by atoms with E-state index in [1.807, 2.05) is 0 Å². The summed E-state index contributed by atoms with van der Waals surface area (Å²) >= 11 is 0. The average molecular weight is 793 g/mol. The fraction of sp³-hybridized carbons (Fsp3) is 0.286. The minimum Gasteiger partial charge on any atom is -0.493 e. The van der Waals surface area contributed by atoms with Crippen molar-refractivity contribution in [3.63, 3.8) is 0 Å². The van der Waals surface area contributed by atoms with Crippen LogP contribution in [0.1, 0.15) is 97.9 Å². The molecule has 0 aliphatic heterocycles. The predicted octanol–water partition coefficient (Wildman–Crippen LogP) is 14.1. The fourth-order valence-corrected chi connectivity index (χ4v) is 9.38. The van der Waals surface area contributed by atoms with Crippen molar-refractivity contribution < 1.29 is 18.9 Å². The Morgan fingerprint density at radius 2 is 0.683 bits per heavy atom. The number of benzene rings is 8. The zero-order chi connectivity index (χ0) is 41.0. The monoisotopic (exact) mass is 792 g/mol. The molecule has 60 heavy (non-hydrogen) atoms. The van der Waals surface area contributed by atoms with Crippen molar-refractivity contribution in [2.75, 3.05) is 26.4 Å². The summed E-state index contributed by atoms with van der Waals surface area (Å²) in [5.41, 5.74) is 9.41. The van der Waals surface area contributed by atoms with Gasteiger partial charge in [-0.1, -0.05) is 137 Å². The highest BCUT2D eigenvalue weighted by Gasteiger charge is 2.26. The lowest BCUT2D eigenvalue weighted by molar-refractivity contribution is 0.305. The summed E-state index contributed by atoms with van der Waals surface area (Å²) in [6.07, 6.45) is 6.33. The number of hydrogen-bond acceptors (Lipinski definition) is 4. The van der Waals surface area contributed by atoms with Gasteiger partial charge in [0, 0.05) is 36.8 Å². The van der Waals surface area contributed by atoms with Crippen molar-refractivity contribution in [1.29, 1.82) is 0 Å². The van der Waals surface area contributed by atoms with Gasteiger partial charge >= 0.3 is 0 Å². The Kier molecular flexibility index (Phi) is 11.6. The quantitative estimate of drug-likeness (QED) is 0.115. The summed E-state index contributed by atoms with van der Waals surface area (Å²) in [6.45, 7) is 11.3. The van der Waals surface area contributed by atoms with Gasteiger partial charge in [-0.05, 0) is 114 Å². The molecule has 0 amide bonds. The molecular formula is C56H56O4. The Balaban J connectivity index is 1.42. The van der Waals surface area contributed by atoms with Crippen molar-refractivity contribution in [3.05, 3.63) is 166 Å². The summed E-state index contributed by atoms with van der Waals surface area (Å²) in [5, 5.41) is 9.82. The maximum absolute atomic E-state index is 7.09. The van der Waals surface area contributed by atoms with Crippen molar-refractivity contribution >= 4 is 43.1 Å². The van der Waals surface area contributed by atoms with Crippen LogP contribution in [0.5, 0.6) is 23.0 Å². The third kappa shape index (κ3) is 7.53. The topological polar surface area (TPSA) is 36.9 Å². The van der Waals surface area contributed by atoms with Gasteiger partial charge in [-0.2, -0.15) is 0 Å². The molecule has 8 aromatic rings. The summed E-state index contributed by atoms with van der Waals surface area (Å²) in [7, 11) is 0. The van der Waals surface area contributed by atoms with Gasteiger partial charge < -0.3 is 18.9 Å². The average Bonchev–Trinajstić information content (AvgIpc) is 3.27. The molecule has 0 radical (unpaired) electrons. The van der Waals surface area contributed by atoms with Gasteiger partial charge in [-0.15, -0.1) is 0 Å². The molecule has 9 rings (SSSR count). The lowest BCUT2D eigenvalue weighted by Crippen LogP contribution is -2.11. The Hall–Kier alpha value is -6.00. The van der Waals surface area contributed by atoms with Crippen LogP contribution in [0.3, 0.4) is 0 Å². The van der Waals surface area contributed by atoms with Gasteiger partial charge in [-0.3, -0.25) is 0 Å². The highest BCUT2D eigenvalue weighted by Crippen LogP contribution is 2.46. The first kappa shape index (κ1) is 39.5. The summed E-state index contributed by atoms with van der Waals surface area (Å²) in [6, 6.07) is 44.9. The van der Waals surface area contributed by atoms with Crippen molar-refractivity contribution in [2.24, 2.45) is 0 Å². The number of para-hydroxylation sites is 2. The number of ether oxygens (including phenoxy) is 4. The minimum absolute atomic E-state index is 0.619. The first-order valence-electron chi connectivity index (χ1n) is 22.2. The van der Waals surface area contributed by atoms with E-state index in [0.717, 1.165) is 48.7 Å². The van der Waals surface area contributed by atoms with E-state index in [-0.39, 0.29) is 0 Å². The normalized spacial score (nSPS) is 12.6. The predicted molar refractivity (Wildman–Crippen MR) is 250 cm³/mol. The molecule has 0 unspecified atom stereocenters. The minimum atomic E-state index is 0.619. The Morgan fingerprint density at radius 3 is 1.13 bits per heavy atom.